The highest BCUT2D eigenvalue weighted by atomic mass is 79.9. The lowest BCUT2D eigenvalue weighted by Gasteiger charge is -2.17. The number of carboxylic acids is 1. The predicted octanol–water partition coefficient (Wildman–Crippen LogP) is 2.77. The molecule has 7 nitrogen and oxygen atoms in total. The van der Waals surface area contributed by atoms with Crippen LogP contribution in [0.4, 0.5) is 0 Å². The van der Waals surface area contributed by atoms with E-state index in [1.807, 2.05) is 0 Å². The van der Waals surface area contributed by atoms with Gasteiger partial charge in [-0.3, -0.25) is 20.4 Å². The number of carboxylic acid groups (broad SMARTS) is 1. The van der Waals surface area contributed by atoms with Crippen LogP contribution in [0.2, 0.25) is 0 Å². The predicted molar refractivity (Wildman–Crippen MR) is 97.9 cm³/mol. The first-order valence-corrected chi connectivity index (χ1v) is 8.56. The van der Waals surface area contributed by atoms with E-state index in [1.165, 1.54) is 24.3 Å². The molecule has 8 heteroatoms. The molecule has 0 aliphatic rings. The number of hydrogen-bond donors (Lipinski definition) is 3. The quantitative estimate of drug-likeness (QED) is 0.623. The number of hydrogen-bond acceptors (Lipinski definition) is 4. The minimum atomic E-state index is -1.23. The van der Waals surface area contributed by atoms with Gasteiger partial charge in [-0.1, -0.05) is 35.0 Å². The first-order chi connectivity index (χ1) is 12.4. The fourth-order valence-corrected chi connectivity index (χ4v) is 2.40. The Bertz CT molecular complexity index is 807. The second-order valence-electron chi connectivity index (χ2n) is 5.26. The fourth-order valence-electron chi connectivity index (χ4n) is 2.13. The number of carbonyl (C=O) groups excluding carboxylic acids is 2. The number of amides is 2. The summed E-state index contributed by atoms with van der Waals surface area (Å²) in [5.74, 6) is -1.99. The molecule has 3 N–H and O–H groups in total. The summed E-state index contributed by atoms with van der Waals surface area (Å²) >= 11 is 3.31. The van der Waals surface area contributed by atoms with Gasteiger partial charge in [0.25, 0.3) is 11.8 Å². The largest absolute Gasteiger partial charge is 0.481 e. The van der Waals surface area contributed by atoms with Crippen molar-refractivity contribution in [3.8, 4) is 5.75 Å². The maximum Gasteiger partial charge on any atom is 0.336 e. The minimum absolute atomic E-state index is 0.0535. The molecule has 0 aliphatic carbocycles. The maximum atomic E-state index is 12.2. The number of hydrazine groups is 1. The zero-order valence-corrected chi connectivity index (χ0v) is 15.4. The molecule has 1 unspecified atom stereocenters. The Kier molecular flexibility index (Phi) is 6.74. The molecule has 2 aromatic rings. The molecule has 0 saturated heterocycles. The monoisotopic (exact) mass is 420 g/mol. The van der Waals surface area contributed by atoms with E-state index in [0.29, 0.717) is 12.2 Å². The van der Waals surface area contributed by atoms with Crippen LogP contribution in [0.15, 0.2) is 53.0 Å². The molecule has 2 aromatic carbocycles. The van der Waals surface area contributed by atoms with Crippen molar-refractivity contribution in [2.24, 2.45) is 0 Å². The van der Waals surface area contributed by atoms with Crippen LogP contribution in [0, 0.1) is 0 Å². The zero-order valence-electron chi connectivity index (χ0n) is 13.9. The van der Waals surface area contributed by atoms with Crippen LogP contribution in [0.5, 0.6) is 5.75 Å². The molecule has 26 heavy (non-hydrogen) atoms. The van der Waals surface area contributed by atoms with Gasteiger partial charge in [-0.25, -0.2) is 4.79 Å². The normalized spacial score (nSPS) is 11.3. The highest BCUT2D eigenvalue weighted by Gasteiger charge is 2.21. The lowest BCUT2D eigenvalue weighted by molar-refractivity contribution is -0.128. The number of rotatable bonds is 6. The average Bonchev–Trinajstić information content (AvgIpc) is 2.65. The van der Waals surface area contributed by atoms with Crippen molar-refractivity contribution in [3.63, 3.8) is 0 Å². The smallest absolute Gasteiger partial charge is 0.336 e. The molecule has 0 heterocycles. The summed E-state index contributed by atoms with van der Waals surface area (Å²) in [5.41, 5.74) is 4.27. The summed E-state index contributed by atoms with van der Waals surface area (Å²) in [5, 5.41) is 9.11. The van der Waals surface area contributed by atoms with Crippen LogP contribution < -0.4 is 15.6 Å². The maximum absolute atomic E-state index is 12.2. The van der Waals surface area contributed by atoms with Gasteiger partial charge in [0.2, 0.25) is 0 Å². The third-order valence-electron chi connectivity index (χ3n) is 3.46. The molecule has 136 valence electrons. The van der Waals surface area contributed by atoms with Gasteiger partial charge in [0, 0.05) is 4.47 Å². The third-order valence-corrected chi connectivity index (χ3v) is 3.99. The SMILES string of the molecule is CCC(Oc1ccc(Br)cc1)C(=O)NNC(=O)c1ccccc1C(=O)O. The van der Waals surface area contributed by atoms with Gasteiger partial charge < -0.3 is 9.84 Å². The number of carbonyl (C=O) groups is 3. The van der Waals surface area contributed by atoms with Crippen molar-refractivity contribution in [2.75, 3.05) is 0 Å². The Morgan fingerprint density at radius 2 is 1.65 bits per heavy atom. The van der Waals surface area contributed by atoms with E-state index in [4.69, 9.17) is 9.84 Å². The van der Waals surface area contributed by atoms with Gasteiger partial charge >= 0.3 is 5.97 Å². The molecule has 0 fully saturated rings. The van der Waals surface area contributed by atoms with Gasteiger partial charge in [0.15, 0.2) is 6.10 Å². The van der Waals surface area contributed by atoms with Gasteiger partial charge in [0.05, 0.1) is 11.1 Å². The molecule has 2 amide bonds. The van der Waals surface area contributed by atoms with Gasteiger partial charge in [-0.2, -0.15) is 0 Å². The zero-order chi connectivity index (χ0) is 19.1. The Morgan fingerprint density at radius 3 is 2.23 bits per heavy atom. The Morgan fingerprint density at radius 1 is 1.04 bits per heavy atom. The minimum Gasteiger partial charge on any atom is -0.481 e. The number of ether oxygens (including phenoxy) is 1. The third kappa shape index (κ3) is 5.06. The molecule has 0 aliphatic heterocycles. The van der Waals surface area contributed by atoms with E-state index in [2.05, 4.69) is 26.8 Å². The van der Waals surface area contributed by atoms with E-state index < -0.39 is 23.9 Å². The molecule has 0 aromatic heterocycles. The molecular formula is C18H17BrN2O5. The van der Waals surface area contributed by atoms with Crippen molar-refractivity contribution in [2.45, 2.75) is 19.4 Å². The van der Waals surface area contributed by atoms with E-state index in [1.54, 1.807) is 31.2 Å². The van der Waals surface area contributed by atoms with Crippen molar-refractivity contribution in [1.82, 2.24) is 10.9 Å². The van der Waals surface area contributed by atoms with Gasteiger partial charge in [0.1, 0.15) is 5.75 Å². The summed E-state index contributed by atoms with van der Waals surface area (Å²) < 4.78 is 6.48. The number of halogens is 1. The summed E-state index contributed by atoms with van der Waals surface area (Å²) in [4.78, 5) is 35.5. The van der Waals surface area contributed by atoms with E-state index in [9.17, 15) is 14.4 Å². The second kappa shape index (κ2) is 9.00. The summed E-state index contributed by atoms with van der Waals surface area (Å²) in [7, 11) is 0. The fraction of sp³-hybridized carbons (Fsp3) is 0.167. The highest BCUT2D eigenvalue weighted by molar-refractivity contribution is 9.10. The van der Waals surface area contributed by atoms with Crippen LogP contribution in [0.25, 0.3) is 0 Å². The lowest BCUT2D eigenvalue weighted by Crippen LogP contribution is -2.48. The lowest BCUT2D eigenvalue weighted by atomic mass is 10.1. The standard InChI is InChI=1S/C18H17BrN2O5/c1-2-15(26-12-9-7-11(19)8-10-12)17(23)21-20-16(22)13-5-3-4-6-14(13)18(24)25/h3-10,15H,2H2,1H3,(H,20,22)(H,21,23)(H,24,25). The molecule has 2 rings (SSSR count). The van der Waals surface area contributed by atoms with Crippen LogP contribution in [-0.2, 0) is 4.79 Å². The van der Waals surface area contributed by atoms with E-state index in [0.717, 1.165) is 4.47 Å². The highest BCUT2D eigenvalue weighted by Crippen LogP contribution is 2.18. The molecule has 0 bridgehead atoms. The molecule has 0 saturated carbocycles. The number of nitrogens with one attached hydrogen (secondary N) is 2. The summed E-state index contributed by atoms with van der Waals surface area (Å²) in [6, 6.07) is 12.7. The Hall–Kier alpha value is -2.87. The average molecular weight is 421 g/mol. The van der Waals surface area contributed by atoms with Gasteiger partial charge in [-0.05, 0) is 42.8 Å². The molecule has 1 atom stereocenters. The Labute approximate surface area is 158 Å². The summed E-state index contributed by atoms with van der Waals surface area (Å²) in [6.45, 7) is 1.77. The van der Waals surface area contributed by atoms with E-state index in [-0.39, 0.29) is 11.1 Å². The molecular weight excluding hydrogens is 404 g/mol. The Balaban J connectivity index is 1.99. The van der Waals surface area contributed by atoms with Gasteiger partial charge in [-0.15, -0.1) is 0 Å². The topological polar surface area (TPSA) is 105 Å². The van der Waals surface area contributed by atoms with Crippen LogP contribution in [-0.4, -0.2) is 29.0 Å². The van der Waals surface area contributed by atoms with Crippen molar-refractivity contribution in [3.05, 3.63) is 64.1 Å². The molecule has 0 radical (unpaired) electrons. The summed E-state index contributed by atoms with van der Waals surface area (Å²) in [6.07, 6.45) is -0.435. The number of aromatic carboxylic acids is 1. The first kappa shape index (κ1) is 19.5. The van der Waals surface area contributed by atoms with E-state index >= 15 is 0 Å². The van der Waals surface area contributed by atoms with Crippen LogP contribution >= 0.6 is 15.9 Å². The van der Waals surface area contributed by atoms with Crippen LogP contribution in [0.3, 0.4) is 0 Å². The second-order valence-corrected chi connectivity index (χ2v) is 6.18. The number of benzene rings is 2. The first-order valence-electron chi connectivity index (χ1n) is 7.77. The van der Waals surface area contributed by atoms with Crippen molar-refractivity contribution < 1.29 is 24.2 Å². The van der Waals surface area contributed by atoms with Crippen molar-refractivity contribution >= 4 is 33.7 Å². The van der Waals surface area contributed by atoms with Crippen LogP contribution in [0.1, 0.15) is 34.1 Å². The molecule has 0 spiro atoms. The van der Waals surface area contributed by atoms with Crippen molar-refractivity contribution in [1.29, 1.82) is 0 Å².